The van der Waals surface area contributed by atoms with Gasteiger partial charge < -0.3 is 10.2 Å². The summed E-state index contributed by atoms with van der Waals surface area (Å²) in [7, 11) is 0. The van der Waals surface area contributed by atoms with E-state index in [0.29, 0.717) is 17.8 Å². The molecule has 1 aromatic rings. The molecule has 2 rings (SSSR count). The highest BCUT2D eigenvalue weighted by Gasteiger charge is 2.22. The Morgan fingerprint density at radius 2 is 2.25 bits per heavy atom. The van der Waals surface area contributed by atoms with Crippen LogP contribution < -0.4 is 16.0 Å². The molecule has 3 N–H and O–H groups in total. The van der Waals surface area contributed by atoms with Gasteiger partial charge in [0.05, 0.1) is 0 Å². The zero-order valence-electron chi connectivity index (χ0n) is 9.65. The zero-order chi connectivity index (χ0) is 11.4. The molecule has 0 aliphatic heterocycles. The molecule has 1 aromatic heterocycles. The highest BCUT2D eigenvalue weighted by atomic mass is 16.5. The molecule has 2 unspecified atom stereocenters. The normalized spacial score (nSPS) is 25.1. The fourth-order valence-corrected chi connectivity index (χ4v) is 2.20. The van der Waals surface area contributed by atoms with Gasteiger partial charge in [-0.15, -0.1) is 0 Å². The third-order valence-corrected chi connectivity index (χ3v) is 3.20. The van der Waals surface area contributed by atoms with Crippen molar-refractivity contribution in [2.75, 3.05) is 5.43 Å². The van der Waals surface area contributed by atoms with Crippen LogP contribution in [0.1, 0.15) is 32.6 Å². The molecular formula is C12H19N3O. The molecule has 0 saturated heterocycles. The van der Waals surface area contributed by atoms with Gasteiger partial charge in [0.1, 0.15) is 17.7 Å². The quantitative estimate of drug-likeness (QED) is 0.607. The maximum Gasteiger partial charge on any atom is 0.143 e. The maximum absolute atomic E-state index is 5.97. The highest BCUT2D eigenvalue weighted by molar-refractivity contribution is 5.39. The third-order valence-electron chi connectivity index (χ3n) is 3.20. The van der Waals surface area contributed by atoms with Gasteiger partial charge >= 0.3 is 0 Å². The molecule has 0 amide bonds. The van der Waals surface area contributed by atoms with Crippen molar-refractivity contribution in [3.8, 4) is 5.75 Å². The molecule has 1 heterocycles. The number of nitrogens with zero attached hydrogens (tertiary/aromatic N) is 1. The van der Waals surface area contributed by atoms with E-state index < -0.39 is 0 Å². The average Bonchev–Trinajstić information content (AvgIpc) is 2.32. The highest BCUT2D eigenvalue weighted by Crippen LogP contribution is 2.28. The monoisotopic (exact) mass is 221 g/mol. The minimum atomic E-state index is 0.335. The standard InChI is InChI=1S/C12H19N3O/c1-9-4-2-3-5-11(9)16-10-6-7-14-12(8-10)15-13/h6-9,11H,2-5,13H2,1H3,(H,14,15). The molecule has 0 aromatic carbocycles. The first-order valence-corrected chi connectivity index (χ1v) is 5.89. The van der Waals surface area contributed by atoms with Crippen LogP contribution in [0.2, 0.25) is 0 Å². The van der Waals surface area contributed by atoms with Crippen LogP contribution >= 0.6 is 0 Å². The Labute approximate surface area is 96.2 Å². The Hall–Kier alpha value is -1.29. The summed E-state index contributed by atoms with van der Waals surface area (Å²) in [4.78, 5) is 4.05. The largest absolute Gasteiger partial charge is 0.490 e. The lowest BCUT2D eigenvalue weighted by Gasteiger charge is -2.29. The van der Waals surface area contributed by atoms with Crippen molar-refractivity contribution < 1.29 is 4.74 Å². The number of hydrogen-bond acceptors (Lipinski definition) is 4. The van der Waals surface area contributed by atoms with Crippen LogP contribution in [0.3, 0.4) is 0 Å². The molecule has 1 aliphatic carbocycles. The summed E-state index contributed by atoms with van der Waals surface area (Å²) in [5, 5.41) is 0. The van der Waals surface area contributed by atoms with Crippen molar-refractivity contribution in [1.29, 1.82) is 0 Å². The summed E-state index contributed by atoms with van der Waals surface area (Å²) in [6.45, 7) is 2.26. The summed E-state index contributed by atoms with van der Waals surface area (Å²) in [6, 6.07) is 3.71. The van der Waals surface area contributed by atoms with E-state index in [1.165, 1.54) is 19.3 Å². The SMILES string of the molecule is CC1CCCCC1Oc1ccnc(NN)c1. The number of pyridine rings is 1. The Bertz CT molecular complexity index is 343. The van der Waals surface area contributed by atoms with Gasteiger partial charge in [-0.2, -0.15) is 0 Å². The second-order valence-electron chi connectivity index (χ2n) is 4.44. The average molecular weight is 221 g/mol. The number of nitrogens with two attached hydrogens (primary N) is 1. The summed E-state index contributed by atoms with van der Waals surface area (Å²) >= 11 is 0. The summed E-state index contributed by atoms with van der Waals surface area (Å²) in [6.07, 6.45) is 7.04. The van der Waals surface area contributed by atoms with Gasteiger partial charge in [-0.1, -0.05) is 13.3 Å². The first kappa shape index (κ1) is 11.2. The lowest BCUT2D eigenvalue weighted by atomic mass is 9.88. The van der Waals surface area contributed by atoms with Gasteiger partial charge in [0.25, 0.3) is 0 Å². The van der Waals surface area contributed by atoms with Crippen molar-refractivity contribution in [1.82, 2.24) is 4.98 Å². The van der Waals surface area contributed by atoms with Crippen LogP contribution in [0.5, 0.6) is 5.75 Å². The lowest BCUT2D eigenvalue weighted by Crippen LogP contribution is -2.28. The van der Waals surface area contributed by atoms with Gasteiger partial charge in [-0.3, -0.25) is 0 Å². The Morgan fingerprint density at radius 3 is 3.00 bits per heavy atom. The minimum absolute atomic E-state index is 0.335. The van der Waals surface area contributed by atoms with Crippen molar-refractivity contribution in [3.63, 3.8) is 0 Å². The fourth-order valence-electron chi connectivity index (χ4n) is 2.20. The van der Waals surface area contributed by atoms with Crippen LogP contribution in [0.4, 0.5) is 5.82 Å². The van der Waals surface area contributed by atoms with Crippen LogP contribution in [0, 0.1) is 5.92 Å². The second-order valence-corrected chi connectivity index (χ2v) is 4.44. The molecule has 0 bridgehead atoms. The van der Waals surface area contributed by atoms with Gasteiger partial charge in [0.2, 0.25) is 0 Å². The van der Waals surface area contributed by atoms with Crippen molar-refractivity contribution >= 4 is 5.82 Å². The fraction of sp³-hybridized carbons (Fsp3) is 0.583. The van der Waals surface area contributed by atoms with E-state index in [1.54, 1.807) is 6.20 Å². The lowest BCUT2D eigenvalue weighted by molar-refractivity contribution is 0.102. The predicted octanol–water partition coefficient (Wildman–Crippen LogP) is 2.32. The van der Waals surface area contributed by atoms with Crippen molar-refractivity contribution in [3.05, 3.63) is 18.3 Å². The first-order chi connectivity index (χ1) is 7.79. The minimum Gasteiger partial charge on any atom is -0.490 e. The Balaban J connectivity index is 2.01. The first-order valence-electron chi connectivity index (χ1n) is 5.89. The van der Waals surface area contributed by atoms with E-state index in [9.17, 15) is 0 Å². The topological polar surface area (TPSA) is 60.2 Å². The van der Waals surface area contributed by atoms with E-state index in [-0.39, 0.29) is 0 Å². The maximum atomic E-state index is 5.97. The molecule has 1 aliphatic rings. The molecule has 4 heteroatoms. The van der Waals surface area contributed by atoms with Crippen LogP contribution in [0.15, 0.2) is 18.3 Å². The molecule has 2 atom stereocenters. The summed E-state index contributed by atoms with van der Waals surface area (Å²) < 4.78 is 5.97. The van der Waals surface area contributed by atoms with Crippen molar-refractivity contribution in [2.24, 2.45) is 11.8 Å². The van der Waals surface area contributed by atoms with Gasteiger partial charge in [-0.05, 0) is 31.2 Å². The number of hydrogen-bond donors (Lipinski definition) is 2. The molecule has 0 spiro atoms. The molecule has 16 heavy (non-hydrogen) atoms. The second kappa shape index (κ2) is 5.16. The number of rotatable bonds is 3. The Morgan fingerprint density at radius 1 is 1.44 bits per heavy atom. The van der Waals surface area contributed by atoms with Gasteiger partial charge in [0.15, 0.2) is 0 Å². The third kappa shape index (κ3) is 2.64. The molecule has 1 fully saturated rings. The smallest absolute Gasteiger partial charge is 0.143 e. The number of ether oxygens (including phenoxy) is 1. The molecule has 88 valence electrons. The predicted molar refractivity (Wildman–Crippen MR) is 64.1 cm³/mol. The molecule has 4 nitrogen and oxygen atoms in total. The number of nitrogens with one attached hydrogen (secondary N) is 1. The van der Waals surface area contributed by atoms with E-state index in [2.05, 4.69) is 17.3 Å². The van der Waals surface area contributed by atoms with E-state index >= 15 is 0 Å². The van der Waals surface area contributed by atoms with E-state index in [4.69, 9.17) is 10.6 Å². The van der Waals surface area contributed by atoms with Crippen molar-refractivity contribution in [2.45, 2.75) is 38.7 Å². The van der Waals surface area contributed by atoms with Gasteiger partial charge in [-0.25, -0.2) is 10.8 Å². The molecular weight excluding hydrogens is 202 g/mol. The summed E-state index contributed by atoms with van der Waals surface area (Å²) in [5.74, 6) is 7.44. The summed E-state index contributed by atoms with van der Waals surface area (Å²) in [5.41, 5.74) is 2.52. The number of aromatic nitrogens is 1. The van der Waals surface area contributed by atoms with E-state index in [1.807, 2.05) is 12.1 Å². The van der Waals surface area contributed by atoms with Crippen LogP contribution in [-0.2, 0) is 0 Å². The van der Waals surface area contributed by atoms with Crippen LogP contribution in [-0.4, -0.2) is 11.1 Å². The molecule has 1 saturated carbocycles. The zero-order valence-corrected chi connectivity index (χ0v) is 9.65. The van der Waals surface area contributed by atoms with E-state index in [0.717, 1.165) is 12.2 Å². The van der Waals surface area contributed by atoms with Gasteiger partial charge in [0, 0.05) is 12.3 Å². The number of anilines is 1. The Kier molecular flexibility index (Phi) is 3.62. The van der Waals surface area contributed by atoms with Crippen LogP contribution in [0.25, 0.3) is 0 Å². The molecule has 0 radical (unpaired) electrons. The number of nitrogen functional groups attached to an aromatic ring is 1. The number of hydrazine groups is 1.